The van der Waals surface area contributed by atoms with Crippen LogP contribution >= 0.6 is 0 Å². The maximum Gasteiger partial charge on any atom is 0.203 e. The number of nitrogens with one attached hydrogen (secondary N) is 1. The standard InChI is InChI=1S/C17H21N3/c1-2-6-14(7-3-1)16-12-20-11-10-15(18-17(20)19-16)13-8-4-5-9-13/h1-3,6-7,12-13,15H,4-5,8-11H2,(H,18,19). The Morgan fingerprint density at radius 2 is 1.85 bits per heavy atom. The fourth-order valence-corrected chi connectivity index (χ4v) is 3.68. The molecular formula is C17H21N3. The van der Waals surface area contributed by atoms with Gasteiger partial charge in [0, 0.05) is 24.3 Å². The van der Waals surface area contributed by atoms with Crippen LogP contribution in [0.3, 0.4) is 0 Å². The molecular weight excluding hydrogens is 246 g/mol. The zero-order valence-corrected chi connectivity index (χ0v) is 11.8. The average Bonchev–Trinajstić information content (AvgIpc) is 3.16. The number of fused-ring (bicyclic) bond motifs is 1. The first-order valence-electron chi connectivity index (χ1n) is 7.79. The van der Waals surface area contributed by atoms with Crippen molar-refractivity contribution in [3.8, 4) is 11.3 Å². The van der Waals surface area contributed by atoms with Crippen molar-refractivity contribution < 1.29 is 0 Å². The predicted octanol–water partition coefficient (Wildman–Crippen LogP) is 3.92. The molecule has 1 aromatic carbocycles. The summed E-state index contributed by atoms with van der Waals surface area (Å²) in [4.78, 5) is 4.79. The van der Waals surface area contributed by atoms with E-state index in [0.29, 0.717) is 6.04 Å². The number of nitrogens with zero attached hydrogens (tertiary/aromatic N) is 2. The summed E-state index contributed by atoms with van der Waals surface area (Å²) in [6.45, 7) is 1.10. The smallest absolute Gasteiger partial charge is 0.203 e. The Hall–Kier alpha value is -1.77. The van der Waals surface area contributed by atoms with Crippen molar-refractivity contribution in [3.05, 3.63) is 36.5 Å². The highest BCUT2D eigenvalue weighted by atomic mass is 15.2. The van der Waals surface area contributed by atoms with E-state index in [1.165, 1.54) is 37.7 Å². The van der Waals surface area contributed by atoms with Crippen molar-refractivity contribution in [2.45, 2.75) is 44.7 Å². The van der Waals surface area contributed by atoms with E-state index in [0.717, 1.165) is 24.1 Å². The number of aryl methyl sites for hydroxylation is 1. The van der Waals surface area contributed by atoms with Crippen molar-refractivity contribution in [1.82, 2.24) is 9.55 Å². The minimum Gasteiger partial charge on any atom is -0.353 e. The lowest BCUT2D eigenvalue weighted by Crippen LogP contribution is -2.34. The monoisotopic (exact) mass is 267 g/mol. The van der Waals surface area contributed by atoms with Crippen LogP contribution in [0.1, 0.15) is 32.1 Å². The van der Waals surface area contributed by atoms with E-state index in [2.05, 4.69) is 40.3 Å². The van der Waals surface area contributed by atoms with E-state index in [1.807, 2.05) is 6.07 Å². The molecule has 20 heavy (non-hydrogen) atoms. The van der Waals surface area contributed by atoms with Crippen molar-refractivity contribution in [2.24, 2.45) is 5.92 Å². The fourth-order valence-electron chi connectivity index (χ4n) is 3.68. The van der Waals surface area contributed by atoms with Gasteiger partial charge >= 0.3 is 0 Å². The van der Waals surface area contributed by atoms with Gasteiger partial charge in [0.25, 0.3) is 0 Å². The third kappa shape index (κ3) is 2.11. The summed E-state index contributed by atoms with van der Waals surface area (Å²) in [5.41, 5.74) is 2.29. The van der Waals surface area contributed by atoms with Gasteiger partial charge in [-0.2, -0.15) is 0 Å². The van der Waals surface area contributed by atoms with Gasteiger partial charge in [-0.25, -0.2) is 4.98 Å². The topological polar surface area (TPSA) is 29.9 Å². The molecule has 2 aromatic rings. The lowest BCUT2D eigenvalue weighted by atomic mass is 9.94. The third-order valence-electron chi connectivity index (χ3n) is 4.81. The lowest BCUT2D eigenvalue weighted by Gasteiger charge is -2.29. The summed E-state index contributed by atoms with van der Waals surface area (Å²) in [7, 11) is 0. The maximum absolute atomic E-state index is 4.79. The molecule has 2 aliphatic rings. The highest BCUT2D eigenvalue weighted by Crippen LogP contribution is 2.33. The van der Waals surface area contributed by atoms with Crippen LogP contribution in [0.25, 0.3) is 11.3 Å². The Bertz CT molecular complexity index is 582. The Morgan fingerprint density at radius 1 is 1.05 bits per heavy atom. The first kappa shape index (κ1) is 12.0. The number of anilines is 1. The van der Waals surface area contributed by atoms with Gasteiger partial charge in [-0.1, -0.05) is 43.2 Å². The van der Waals surface area contributed by atoms with Gasteiger partial charge in [-0.3, -0.25) is 0 Å². The summed E-state index contributed by atoms with van der Waals surface area (Å²) in [5, 5.41) is 3.68. The summed E-state index contributed by atoms with van der Waals surface area (Å²) in [6, 6.07) is 11.1. The van der Waals surface area contributed by atoms with Crippen molar-refractivity contribution in [2.75, 3.05) is 5.32 Å². The van der Waals surface area contributed by atoms with Crippen LogP contribution in [0.4, 0.5) is 5.95 Å². The Balaban J connectivity index is 1.58. The highest BCUT2D eigenvalue weighted by molar-refractivity contribution is 5.60. The van der Waals surface area contributed by atoms with E-state index < -0.39 is 0 Å². The second-order valence-electron chi connectivity index (χ2n) is 6.09. The van der Waals surface area contributed by atoms with Crippen molar-refractivity contribution in [3.63, 3.8) is 0 Å². The minimum atomic E-state index is 0.635. The number of benzene rings is 1. The molecule has 104 valence electrons. The third-order valence-corrected chi connectivity index (χ3v) is 4.81. The van der Waals surface area contributed by atoms with Gasteiger partial charge in [0.05, 0.1) is 5.69 Å². The molecule has 1 N–H and O–H groups in total. The zero-order valence-electron chi connectivity index (χ0n) is 11.8. The molecule has 0 amide bonds. The molecule has 1 atom stereocenters. The maximum atomic E-state index is 4.79. The Morgan fingerprint density at radius 3 is 2.65 bits per heavy atom. The summed E-state index contributed by atoms with van der Waals surface area (Å²) in [6.07, 6.45) is 9.03. The number of imidazole rings is 1. The van der Waals surface area contributed by atoms with Gasteiger partial charge in [0.1, 0.15) is 0 Å². The number of hydrogen-bond acceptors (Lipinski definition) is 2. The molecule has 0 spiro atoms. The van der Waals surface area contributed by atoms with Crippen LogP contribution in [0.2, 0.25) is 0 Å². The zero-order chi connectivity index (χ0) is 13.4. The fraction of sp³-hybridized carbons (Fsp3) is 0.471. The van der Waals surface area contributed by atoms with Crippen LogP contribution < -0.4 is 5.32 Å². The molecule has 1 fully saturated rings. The minimum absolute atomic E-state index is 0.635. The molecule has 1 unspecified atom stereocenters. The molecule has 0 saturated heterocycles. The van der Waals surface area contributed by atoms with Gasteiger partial charge in [-0.15, -0.1) is 0 Å². The molecule has 1 aliphatic heterocycles. The van der Waals surface area contributed by atoms with Crippen LogP contribution in [-0.4, -0.2) is 15.6 Å². The van der Waals surface area contributed by atoms with E-state index in [1.54, 1.807) is 0 Å². The first-order valence-corrected chi connectivity index (χ1v) is 7.79. The molecule has 3 heteroatoms. The van der Waals surface area contributed by atoms with E-state index in [4.69, 9.17) is 4.98 Å². The Labute approximate surface area is 120 Å². The highest BCUT2D eigenvalue weighted by Gasteiger charge is 2.28. The molecule has 1 aromatic heterocycles. The SMILES string of the molecule is c1ccc(-c2cn3c(n2)NC(C2CCCC2)CC3)cc1. The van der Waals surface area contributed by atoms with Gasteiger partial charge in [0.2, 0.25) is 5.95 Å². The predicted molar refractivity (Wildman–Crippen MR) is 81.6 cm³/mol. The van der Waals surface area contributed by atoms with Crippen LogP contribution in [0.5, 0.6) is 0 Å². The number of aromatic nitrogens is 2. The lowest BCUT2D eigenvalue weighted by molar-refractivity contribution is 0.392. The van der Waals surface area contributed by atoms with Crippen LogP contribution in [0.15, 0.2) is 36.5 Å². The van der Waals surface area contributed by atoms with Crippen LogP contribution in [0, 0.1) is 5.92 Å². The number of hydrogen-bond donors (Lipinski definition) is 1. The summed E-state index contributed by atoms with van der Waals surface area (Å²) in [5.74, 6) is 1.92. The molecule has 1 saturated carbocycles. The van der Waals surface area contributed by atoms with Crippen molar-refractivity contribution >= 4 is 5.95 Å². The molecule has 0 bridgehead atoms. The van der Waals surface area contributed by atoms with Gasteiger partial charge < -0.3 is 9.88 Å². The average molecular weight is 267 g/mol. The first-order chi connectivity index (χ1) is 9.90. The van der Waals surface area contributed by atoms with E-state index in [9.17, 15) is 0 Å². The molecule has 4 rings (SSSR count). The number of rotatable bonds is 2. The molecule has 1 aliphatic carbocycles. The van der Waals surface area contributed by atoms with E-state index in [-0.39, 0.29) is 0 Å². The van der Waals surface area contributed by atoms with Gasteiger partial charge in [-0.05, 0) is 25.2 Å². The van der Waals surface area contributed by atoms with Gasteiger partial charge in [0.15, 0.2) is 0 Å². The molecule has 2 heterocycles. The normalized spacial score (nSPS) is 22.5. The summed E-state index contributed by atoms with van der Waals surface area (Å²) < 4.78 is 2.27. The largest absolute Gasteiger partial charge is 0.353 e. The molecule has 0 radical (unpaired) electrons. The van der Waals surface area contributed by atoms with Crippen molar-refractivity contribution in [1.29, 1.82) is 0 Å². The van der Waals surface area contributed by atoms with E-state index >= 15 is 0 Å². The second kappa shape index (κ2) is 4.97. The quantitative estimate of drug-likeness (QED) is 0.893. The Kier molecular flexibility index (Phi) is 2.98. The summed E-state index contributed by atoms with van der Waals surface area (Å²) >= 11 is 0. The molecule has 3 nitrogen and oxygen atoms in total. The van der Waals surface area contributed by atoms with Crippen LogP contribution in [-0.2, 0) is 6.54 Å². The second-order valence-corrected chi connectivity index (χ2v) is 6.09.